The first-order valence-corrected chi connectivity index (χ1v) is 7.85. The van der Waals surface area contributed by atoms with Crippen molar-refractivity contribution in [2.75, 3.05) is 0 Å². The van der Waals surface area contributed by atoms with Crippen LogP contribution in [0.4, 0.5) is 0 Å². The number of pyridine rings is 1. The maximum Gasteiger partial charge on any atom is 0.514 e. The second kappa shape index (κ2) is 4.52. The summed E-state index contributed by atoms with van der Waals surface area (Å²) in [6, 6.07) is 3.02. The Morgan fingerprint density at radius 1 is 1.15 bits per heavy atom. The third-order valence-electron chi connectivity index (χ3n) is 3.88. The Labute approximate surface area is 119 Å². The monoisotopic (exact) mass is 298 g/mol. The van der Waals surface area contributed by atoms with Crippen LogP contribution in [0.15, 0.2) is 17.2 Å². The summed E-state index contributed by atoms with van der Waals surface area (Å²) in [6.07, 6.45) is 0. The number of hydrogen-bond donors (Lipinski definition) is 1. The first-order chi connectivity index (χ1) is 8.94. The molecule has 2 rings (SSSR count). The van der Waals surface area contributed by atoms with Crippen LogP contribution in [0.3, 0.4) is 0 Å². The first-order valence-electron chi connectivity index (χ1n) is 6.30. The van der Waals surface area contributed by atoms with Gasteiger partial charge in [-0.05, 0) is 46.2 Å². The molecule has 2 heterocycles. The predicted molar refractivity (Wildman–Crippen MR) is 76.1 cm³/mol. The fourth-order valence-electron chi connectivity index (χ4n) is 1.88. The van der Waals surface area contributed by atoms with Gasteiger partial charge in [-0.3, -0.25) is 0 Å². The van der Waals surface area contributed by atoms with E-state index >= 15 is 0 Å². The lowest BCUT2D eigenvalue weighted by atomic mass is 9.81. The molecule has 20 heavy (non-hydrogen) atoms. The summed E-state index contributed by atoms with van der Waals surface area (Å²) in [5.41, 5.74) is 0.207. The third kappa shape index (κ3) is 2.60. The lowest BCUT2D eigenvalue weighted by molar-refractivity contribution is 0.00578. The third-order valence-corrected chi connectivity index (χ3v) is 4.69. The molecule has 8 heteroatoms. The number of primary sulfonamides is 1. The van der Waals surface area contributed by atoms with Crippen LogP contribution in [0, 0.1) is 6.92 Å². The minimum Gasteiger partial charge on any atom is -0.398 e. The SMILES string of the molecule is Cc1ccc(S(N)(=O)=O)nc1B1OC(C)(C)C(C)(C)O1. The summed E-state index contributed by atoms with van der Waals surface area (Å²) in [4.78, 5) is 4.09. The molecule has 0 unspecified atom stereocenters. The molecule has 1 aromatic rings. The number of hydrogen-bond acceptors (Lipinski definition) is 5. The van der Waals surface area contributed by atoms with E-state index in [1.807, 2.05) is 34.6 Å². The van der Waals surface area contributed by atoms with E-state index in [1.165, 1.54) is 6.07 Å². The average molecular weight is 298 g/mol. The molecular weight excluding hydrogens is 279 g/mol. The van der Waals surface area contributed by atoms with Gasteiger partial charge in [0.05, 0.1) is 16.8 Å². The minimum atomic E-state index is -3.85. The Kier molecular flexibility index (Phi) is 3.49. The predicted octanol–water partition coefficient (Wildman–Crippen LogP) is 0.337. The standard InChI is InChI=1S/C12H19BN2O4S/c1-8-6-7-9(20(14,16)17)15-10(8)13-18-11(2,3)12(4,5)19-13/h6-7H,1-5H3,(H2,14,16,17). The Hall–Kier alpha value is -0.955. The van der Waals surface area contributed by atoms with E-state index in [0.29, 0.717) is 5.59 Å². The van der Waals surface area contributed by atoms with Crippen molar-refractivity contribution in [2.45, 2.75) is 50.8 Å². The molecule has 0 aliphatic carbocycles. The topological polar surface area (TPSA) is 91.5 Å². The Bertz CT molecular complexity index is 627. The van der Waals surface area contributed by atoms with Crippen LogP contribution in [-0.4, -0.2) is 31.7 Å². The zero-order valence-electron chi connectivity index (χ0n) is 12.3. The van der Waals surface area contributed by atoms with Crippen LogP contribution < -0.4 is 10.7 Å². The highest BCUT2D eigenvalue weighted by atomic mass is 32.2. The molecule has 2 N–H and O–H groups in total. The molecule has 0 atom stereocenters. The van der Waals surface area contributed by atoms with Crippen LogP contribution >= 0.6 is 0 Å². The van der Waals surface area contributed by atoms with Crippen LogP contribution in [0.1, 0.15) is 33.3 Å². The summed E-state index contributed by atoms with van der Waals surface area (Å²) in [5, 5.41) is 4.92. The fraction of sp³-hybridized carbons (Fsp3) is 0.583. The van der Waals surface area contributed by atoms with Gasteiger partial charge in [-0.2, -0.15) is 0 Å². The van der Waals surface area contributed by atoms with Gasteiger partial charge in [0.15, 0.2) is 5.03 Å². The number of rotatable bonds is 2. The Balaban J connectivity index is 2.45. The van der Waals surface area contributed by atoms with E-state index in [0.717, 1.165) is 5.56 Å². The zero-order valence-corrected chi connectivity index (χ0v) is 13.1. The Morgan fingerprint density at radius 2 is 1.65 bits per heavy atom. The highest BCUT2D eigenvalue weighted by molar-refractivity contribution is 7.89. The second-order valence-electron chi connectivity index (χ2n) is 5.98. The van der Waals surface area contributed by atoms with Gasteiger partial charge in [-0.25, -0.2) is 18.5 Å². The minimum absolute atomic E-state index is 0.187. The maximum absolute atomic E-state index is 11.4. The van der Waals surface area contributed by atoms with Crippen molar-refractivity contribution in [1.82, 2.24) is 4.98 Å². The number of sulfonamides is 1. The maximum atomic E-state index is 11.4. The quantitative estimate of drug-likeness (QED) is 0.795. The molecule has 0 aromatic carbocycles. The van der Waals surface area contributed by atoms with Crippen molar-refractivity contribution in [3.63, 3.8) is 0 Å². The van der Waals surface area contributed by atoms with Gasteiger partial charge in [0.1, 0.15) is 0 Å². The molecule has 110 valence electrons. The summed E-state index contributed by atoms with van der Waals surface area (Å²) in [5.74, 6) is 0. The number of nitrogens with two attached hydrogens (primary N) is 1. The van der Waals surface area contributed by atoms with Crippen molar-refractivity contribution in [2.24, 2.45) is 5.14 Å². The zero-order chi connectivity index (χ0) is 15.3. The Morgan fingerprint density at radius 3 is 2.10 bits per heavy atom. The van der Waals surface area contributed by atoms with Crippen molar-refractivity contribution >= 4 is 22.7 Å². The summed E-state index contributed by atoms with van der Waals surface area (Å²) in [7, 11) is -4.56. The first kappa shape index (κ1) is 15.4. The van der Waals surface area contributed by atoms with E-state index in [1.54, 1.807) is 6.07 Å². The van der Waals surface area contributed by atoms with Crippen LogP contribution in [0.25, 0.3) is 0 Å². The lowest BCUT2D eigenvalue weighted by Crippen LogP contribution is -2.41. The summed E-state index contributed by atoms with van der Waals surface area (Å²) >= 11 is 0. The van der Waals surface area contributed by atoms with Gasteiger partial charge in [0.25, 0.3) is 10.0 Å². The number of nitrogens with zero attached hydrogens (tertiary/aromatic N) is 1. The molecule has 6 nitrogen and oxygen atoms in total. The second-order valence-corrected chi connectivity index (χ2v) is 7.49. The molecule has 0 saturated carbocycles. The van der Waals surface area contributed by atoms with Crippen molar-refractivity contribution in [1.29, 1.82) is 0 Å². The summed E-state index contributed by atoms with van der Waals surface area (Å²) in [6.45, 7) is 9.51. The molecule has 1 saturated heterocycles. The van der Waals surface area contributed by atoms with Gasteiger partial charge in [0.2, 0.25) is 0 Å². The van der Waals surface area contributed by atoms with Gasteiger partial charge in [0, 0.05) is 0 Å². The molecule has 1 aliphatic rings. The van der Waals surface area contributed by atoms with Crippen molar-refractivity contribution in [3.05, 3.63) is 17.7 Å². The lowest BCUT2D eigenvalue weighted by Gasteiger charge is -2.32. The fourth-order valence-corrected chi connectivity index (χ4v) is 2.36. The van der Waals surface area contributed by atoms with Gasteiger partial charge < -0.3 is 9.31 Å². The van der Waals surface area contributed by atoms with E-state index in [-0.39, 0.29) is 5.03 Å². The van der Waals surface area contributed by atoms with E-state index in [9.17, 15) is 8.42 Å². The van der Waals surface area contributed by atoms with Gasteiger partial charge >= 0.3 is 7.12 Å². The van der Waals surface area contributed by atoms with Gasteiger partial charge in [-0.1, -0.05) is 6.07 Å². The molecule has 0 amide bonds. The van der Waals surface area contributed by atoms with Gasteiger partial charge in [-0.15, -0.1) is 0 Å². The van der Waals surface area contributed by atoms with E-state index in [4.69, 9.17) is 14.4 Å². The molecule has 1 aromatic heterocycles. The molecule has 1 fully saturated rings. The van der Waals surface area contributed by atoms with E-state index < -0.39 is 28.3 Å². The molecule has 0 bridgehead atoms. The highest BCUT2D eigenvalue weighted by Gasteiger charge is 2.52. The van der Waals surface area contributed by atoms with E-state index in [2.05, 4.69) is 4.98 Å². The molecule has 0 radical (unpaired) electrons. The highest BCUT2D eigenvalue weighted by Crippen LogP contribution is 2.36. The van der Waals surface area contributed by atoms with Crippen LogP contribution in [-0.2, 0) is 19.3 Å². The molecular formula is C12H19BN2O4S. The average Bonchev–Trinajstić information content (AvgIpc) is 2.46. The number of aromatic nitrogens is 1. The van der Waals surface area contributed by atoms with Crippen LogP contribution in [0.5, 0.6) is 0 Å². The summed E-state index contributed by atoms with van der Waals surface area (Å²) < 4.78 is 34.6. The van der Waals surface area contributed by atoms with Crippen molar-refractivity contribution < 1.29 is 17.7 Å². The smallest absolute Gasteiger partial charge is 0.398 e. The molecule has 1 aliphatic heterocycles. The normalized spacial score (nSPS) is 21.2. The van der Waals surface area contributed by atoms with Crippen LogP contribution in [0.2, 0.25) is 0 Å². The number of aryl methyl sites for hydroxylation is 1. The van der Waals surface area contributed by atoms with Crippen molar-refractivity contribution in [3.8, 4) is 0 Å². The molecule has 0 spiro atoms. The largest absolute Gasteiger partial charge is 0.514 e.